The molecule has 2 heterocycles. The molecule has 4 rings (SSSR count). The van der Waals surface area contributed by atoms with E-state index in [-0.39, 0.29) is 17.4 Å². The van der Waals surface area contributed by atoms with Crippen molar-refractivity contribution < 1.29 is 19.2 Å². The van der Waals surface area contributed by atoms with Gasteiger partial charge in [0, 0.05) is 55.1 Å². The normalized spacial score (nSPS) is 23.1. The van der Waals surface area contributed by atoms with Gasteiger partial charge < -0.3 is 4.74 Å². The SMILES string of the molecule is COC(=O)C1C(C)=Nc2c(c(C3CCCC(=O)C3)nn2C)C1c1cccc([N+](=O)[O-])c1. The highest BCUT2D eigenvalue weighted by molar-refractivity contribution is 6.05. The maximum Gasteiger partial charge on any atom is 0.315 e. The number of aliphatic imine (C=N–C) groups is 1. The average Bonchev–Trinajstić information content (AvgIpc) is 3.08. The maximum atomic E-state index is 12.8. The van der Waals surface area contributed by atoms with Gasteiger partial charge in [0.2, 0.25) is 0 Å². The number of esters is 1. The first-order valence-corrected chi connectivity index (χ1v) is 10.3. The standard InChI is InChI=1S/C22H24N4O5/c1-12-17(22(28)31-3)18(13-6-4-8-15(10-13)26(29)30)19-20(24-25(2)21(19)23-12)14-7-5-9-16(27)11-14/h4,6,8,10,14,17-18H,5,7,9,11H2,1-3H3. The number of non-ortho nitro benzene ring substituents is 1. The summed E-state index contributed by atoms with van der Waals surface area (Å²) in [5.41, 5.74) is 2.62. The summed E-state index contributed by atoms with van der Waals surface area (Å²) >= 11 is 0. The summed E-state index contributed by atoms with van der Waals surface area (Å²) < 4.78 is 6.75. The second-order valence-electron chi connectivity index (χ2n) is 8.16. The minimum atomic E-state index is -0.734. The Labute approximate surface area is 179 Å². The molecule has 3 atom stereocenters. The fourth-order valence-electron chi connectivity index (χ4n) is 4.81. The summed E-state index contributed by atoms with van der Waals surface area (Å²) in [6.45, 7) is 1.76. The molecule has 0 spiro atoms. The first kappa shape index (κ1) is 20.9. The molecule has 1 fully saturated rings. The summed E-state index contributed by atoms with van der Waals surface area (Å²) in [5.74, 6) is -0.991. The number of Topliss-reactive ketones (excluding diaryl/α,β-unsaturated/α-hetero) is 1. The number of fused-ring (bicyclic) bond motifs is 1. The molecule has 9 nitrogen and oxygen atoms in total. The van der Waals surface area contributed by atoms with Crippen molar-refractivity contribution >= 4 is 29.0 Å². The molecule has 1 aromatic carbocycles. The van der Waals surface area contributed by atoms with E-state index in [4.69, 9.17) is 9.84 Å². The van der Waals surface area contributed by atoms with Crippen LogP contribution in [0, 0.1) is 16.0 Å². The topological polar surface area (TPSA) is 117 Å². The van der Waals surface area contributed by atoms with Gasteiger partial charge in [0.15, 0.2) is 5.82 Å². The number of aryl methyl sites for hydroxylation is 1. The minimum absolute atomic E-state index is 0.0545. The number of hydrogen-bond acceptors (Lipinski definition) is 7. The van der Waals surface area contributed by atoms with Gasteiger partial charge >= 0.3 is 5.97 Å². The van der Waals surface area contributed by atoms with E-state index >= 15 is 0 Å². The zero-order chi connectivity index (χ0) is 22.3. The second-order valence-corrected chi connectivity index (χ2v) is 8.16. The lowest BCUT2D eigenvalue weighted by Crippen LogP contribution is -2.33. The van der Waals surface area contributed by atoms with Crippen LogP contribution in [0.25, 0.3) is 0 Å². The van der Waals surface area contributed by atoms with Crippen LogP contribution in [-0.4, -0.2) is 39.3 Å². The first-order valence-electron chi connectivity index (χ1n) is 10.3. The van der Waals surface area contributed by atoms with Gasteiger partial charge in [-0.1, -0.05) is 12.1 Å². The Morgan fingerprint density at radius 1 is 1.35 bits per heavy atom. The molecule has 3 unspecified atom stereocenters. The van der Waals surface area contributed by atoms with Crippen LogP contribution in [0.15, 0.2) is 29.3 Å². The highest BCUT2D eigenvalue weighted by atomic mass is 16.6. The number of carbonyl (C=O) groups excluding carboxylic acids is 2. The van der Waals surface area contributed by atoms with Crippen molar-refractivity contribution in [1.29, 1.82) is 0 Å². The Morgan fingerprint density at radius 3 is 2.81 bits per heavy atom. The van der Waals surface area contributed by atoms with E-state index in [1.165, 1.54) is 19.2 Å². The van der Waals surface area contributed by atoms with Crippen LogP contribution in [0.2, 0.25) is 0 Å². The van der Waals surface area contributed by atoms with Gasteiger partial charge in [0.25, 0.3) is 5.69 Å². The number of rotatable bonds is 4. The third-order valence-electron chi connectivity index (χ3n) is 6.22. The fourth-order valence-corrected chi connectivity index (χ4v) is 4.81. The Hall–Kier alpha value is -3.36. The van der Waals surface area contributed by atoms with Gasteiger partial charge in [-0.2, -0.15) is 5.10 Å². The second kappa shape index (κ2) is 8.05. The van der Waals surface area contributed by atoms with E-state index in [1.807, 2.05) is 0 Å². The van der Waals surface area contributed by atoms with E-state index in [9.17, 15) is 19.7 Å². The van der Waals surface area contributed by atoms with Crippen LogP contribution in [0.1, 0.15) is 61.3 Å². The summed E-state index contributed by atoms with van der Waals surface area (Å²) in [7, 11) is 3.10. The molecule has 0 saturated heterocycles. The number of nitro benzene ring substituents is 1. The Kier molecular flexibility index (Phi) is 5.43. The van der Waals surface area contributed by atoms with Crippen molar-refractivity contribution in [1.82, 2.24) is 9.78 Å². The molecule has 0 amide bonds. The van der Waals surface area contributed by atoms with Crippen LogP contribution < -0.4 is 0 Å². The molecule has 1 saturated carbocycles. The zero-order valence-electron chi connectivity index (χ0n) is 17.7. The maximum absolute atomic E-state index is 12.8. The molecular weight excluding hydrogens is 400 g/mol. The van der Waals surface area contributed by atoms with E-state index in [1.54, 1.807) is 30.8 Å². The number of benzene rings is 1. The highest BCUT2D eigenvalue weighted by Crippen LogP contribution is 2.48. The lowest BCUT2D eigenvalue weighted by atomic mass is 9.73. The van der Waals surface area contributed by atoms with Gasteiger partial charge in [-0.25, -0.2) is 4.99 Å². The van der Waals surface area contributed by atoms with Crippen molar-refractivity contribution in [2.24, 2.45) is 18.0 Å². The molecule has 162 valence electrons. The highest BCUT2D eigenvalue weighted by Gasteiger charge is 2.43. The van der Waals surface area contributed by atoms with Gasteiger partial charge in [0.05, 0.1) is 17.7 Å². The molecule has 0 radical (unpaired) electrons. The zero-order valence-corrected chi connectivity index (χ0v) is 17.7. The van der Waals surface area contributed by atoms with E-state index in [2.05, 4.69) is 4.99 Å². The van der Waals surface area contributed by atoms with Crippen molar-refractivity contribution in [2.75, 3.05) is 7.11 Å². The molecule has 2 aliphatic rings. The lowest BCUT2D eigenvalue weighted by molar-refractivity contribution is -0.384. The lowest BCUT2D eigenvalue weighted by Gasteiger charge is -2.31. The molecule has 2 aromatic rings. The number of aromatic nitrogens is 2. The third-order valence-corrected chi connectivity index (χ3v) is 6.22. The van der Waals surface area contributed by atoms with Crippen LogP contribution in [0.4, 0.5) is 11.5 Å². The molecule has 1 aliphatic heterocycles. The summed E-state index contributed by atoms with van der Waals surface area (Å²) in [4.78, 5) is 40.6. The van der Waals surface area contributed by atoms with E-state index in [0.29, 0.717) is 29.9 Å². The van der Waals surface area contributed by atoms with Crippen LogP contribution in [0.5, 0.6) is 0 Å². The van der Waals surface area contributed by atoms with Gasteiger partial charge in [-0.05, 0) is 25.3 Å². The van der Waals surface area contributed by atoms with Gasteiger partial charge in [-0.15, -0.1) is 0 Å². The molecular formula is C22H24N4O5. The number of ketones is 1. The Morgan fingerprint density at radius 2 is 2.13 bits per heavy atom. The minimum Gasteiger partial charge on any atom is -0.468 e. The number of ether oxygens (including phenoxy) is 1. The Balaban J connectivity index is 1.94. The number of carbonyl (C=O) groups is 2. The van der Waals surface area contributed by atoms with Crippen LogP contribution in [-0.2, 0) is 21.4 Å². The van der Waals surface area contributed by atoms with Crippen molar-refractivity contribution in [2.45, 2.75) is 44.4 Å². The van der Waals surface area contributed by atoms with Crippen LogP contribution >= 0.6 is 0 Å². The van der Waals surface area contributed by atoms with Crippen molar-refractivity contribution in [3.05, 3.63) is 51.2 Å². The first-order chi connectivity index (χ1) is 14.8. The number of nitro groups is 1. The molecule has 1 aliphatic carbocycles. The van der Waals surface area contributed by atoms with Crippen molar-refractivity contribution in [3.63, 3.8) is 0 Å². The largest absolute Gasteiger partial charge is 0.468 e. The predicted molar refractivity (Wildman–Crippen MR) is 113 cm³/mol. The van der Waals surface area contributed by atoms with Gasteiger partial charge in [-0.3, -0.25) is 24.4 Å². The summed E-state index contributed by atoms with van der Waals surface area (Å²) in [6, 6.07) is 6.30. The van der Waals surface area contributed by atoms with Crippen LogP contribution in [0.3, 0.4) is 0 Å². The van der Waals surface area contributed by atoms with E-state index < -0.39 is 22.7 Å². The summed E-state index contributed by atoms with van der Waals surface area (Å²) in [6.07, 6.45) is 2.58. The smallest absolute Gasteiger partial charge is 0.315 e. The summed E-state index contributed by atoms with van der Waals surface area (Å²) in [5, 5.41) is 16.1. The molecule has 1 aromatic heterocycles. The van der Waals surface area contributed by atoms with Crippen molar-refractivity contribution in [3.8, 4) is 0 Å². The number of hydrogen-bond donors (Lipinski definition) is 0. The number of methoxy groups -OCH3 is 1. The molecule has 9 heteroatoms. The monoisotopic (exact) mass is 424 g/mol. The quantitative estimate of drug-likeness (QED) is 0.421. The molecule has 0 bridgehead atoms. The molecule has 31 heavy (non-hydrogen) atoms. The molecule has 0 N–H and O–H groups in total. The number of nitrogens with zero attached hydrogens (tertiary/aromatic N) is 4. The Bertz CT molecular complexity index is 1100. The van der Waals surface area contributed by atoms with E-state index in [0.717, 1.165) is 24.1 Å². The third kappa shape index (κ3) is 3.64. The van der Waals surface area contributed by atoms with Gasteiger partial charge in [0.1, 0.15) is 11.7 Å². The average molecular weight is 424 g/mol. The fraction of sp³-hybridized carbons (Fsp3) is 0.455. The predicted octanol–water partition coefficient (Wildman–Crippen LogP) is 3.58.